The van der Waals surface area contributed by atoms with Crippen LogP contribution >= 0.6 is 11.8 Å². The fraction of sp³-hybridized carbons (Fsp3) is 0.379. The Kier molecular flexibility index (Phi) is 5.71. The molecule has 5 rings (SSSR count). The summed E-state index contributed by atoms with van der Waals surface area (Å²) in [6, 6.07) is 12.7. The maximum Gasteiger partial charge on any atom is 0.132 e. The summed E-state index contributed by atoms with van der Waals surface area (Å²) in [6.07, 6.45) is 5.24. The van der Waals surface area contributed by atoms with Crippen molar-refractivity contribution in [3.05, 3.63) is 71.8 Å². The second kappa shape index (κ2) is 8.37. The summed E-state index contributed by atoms with van der Waals surface area (Å²) in [5.74, 6) is 9.30. The SMILES string of the molecule is CC(C)(C)C#Cc1ccc2c(c1)C1(CSC(N)N1C(C)(C)C)c1cc(-c3cncnc3)ccc1O2. The maximum atomic E-state index is 6.79. The topological polar surface area (TPSA) is 64.3 Å². The first-order valence-corrected chi connectivity index (χ1v) is 13.0. The van der Waals surface area contributed by atoms with Crippen molar-refractivity contribution in [3.8, 4) is 34.5 Å². The lowest BCUT2D eigenvalue weighted by Crippen LogP contribution is -2.58. The molecule has 0 radical (unpaired) electrons. The van der Waals surface area contributed by atoms with Gasteiger partial charge in [-0.1, -0.05) is 17.9 Å². The van der Waals surface area contributed by atoms with Gasteiger partial charge in [0.15, 0.2) is 0 Å². The van der Waals surface area contributed by atoms with Crippen LogP contribution in [0.5, 0.6) is 11.5 Å². The van der Waals surface area contributed by atoms with Gasteiger partial charge in [0.05, 0.1) is 5.54 Å². The monoisotopic (exact) mass is 484 g/mol. The maximum absolute atomic E-state index is 6.79. The molecule has 1 spiro atoms. The first kappa shape index (κ1) is 23.9. The Morgan fingerprint density at radius 3 is 2.29 bits per heavy atom. The van der Waals surface area contributed by atoms with E-state index in [0.717, 1.165) is 45.1 Å². The molecule has 3 aromatic rings. The lowest BCUT2D eigenvalue weighted by Gasteiger charge is -2.50. The molecule has 2 N–H and O–H groups in total. The Morgan fingerprint density at radius 2 is 1.63 bits per heavy atom. The van der Waals surface area contributed by atoms with Crippen LogP contribution in [0.25, 0.3) is 11.1 Å². The van der Waals surface area contributed by atoms with Crippen LogP contribution in [0.1, 0.15) is 58.2 Å². The van der Waals surface area contributed by atoms with Crippen molar-refractivity contribution in [2.75, 3.05) is 5.75 Å². The predicted molar refractivity (Wildman–Crippen MR) is 143 cm³/mol. The Balaban J connectivity index is 1.77. The van der Waals surface area contributed by atoms with Crippen LogP contribution in [-0.2, 0) is 5.54 Å². The van der Waals surface area contributed by atoms with Crippen molar-refractivity contribution in [3.63, 3.8) is 0 Å². The van der Waals surface area contributed by atoms with Gasteiger partial charge in [-0.15, -0.1) is 11.8 Å². The molecular formula is C29H32N4OS. The molecule has 6 heteroatoms. The Morgan fingerprint density at radius 1 is 0.971 bits per heavy atom. The number of thioether (sulfide) groups is 1. The molecule has 3 heterocycles. The average molecular weight is 485 g/mol. The third kappa shape index (κ3) is 4.23. The van der Waals surface area contributed by atoms with Gasteiger partial charge in [-0.3, -0.25) is 4.90 Å². The lowest BCUT2D eigenvalue weighted by molar-refractivity contribution is 0.0379. The largest absolute Gasteiger partial charge is 0.457 e. The number of aromatic nitrogens is 2. The van der Waals surface area contributed by atoms with Gasteiger partial charge in [-0.2, -0.15) is 0 Å². The van der Waals surface area contributed by atoms with E-state index in [1.54, 1.807) is 18.1 Å². The molecule has 2 aliphatic rings. The highest BCUT2D eigenvalue weighted by atomic mass is 32.2. The molecule has 0 aliphatic carbocycles. The quantitative estimate of drug-likeness (QED) is 0.429. The minimum absolute atomic E-state index is 0.0770. The van der Waals surface area contributed by atoms with E-state index < -0.39 is 5.54 Å². The molecule has 2 atom stereocenters. The molecule has 0 amide bonds. The van der Waals surface area contributed by atoms with Crippen molar-refractivity contribution >= 4 is 11.8 Å². The number of ether oxygens (including phenoxy) is 1. The van der Waals surface area contributed by atoms with Crippen molar-refractivity contribution in [2.45, 2.75) is 58.1 Å². The molecular weight excluding hydrogens is 452 g/mol. The molecule has 0 saturated carbocycles. The summed E-state index contributed by atoms with van der Waals surface area (Å²) in [6.45, 7) is 13.1. The Labute approximate surface area is 212 Å². The average Bonchev–Trinajstić information content (AvgIpc) is 3.16. The second-order valence-electron chi connectivity index (χ2n) is 11.3. The molecule has 0 bridgehead atoms. The highest BCUT2D eigenvalue weighted by Crippen LogP contribution is 2.58. The zero-order valence-corrected chi connectivity index (χ0v) is 22.0. The predicted octanol–water partition coefficient (Wildman–Crippen LogP) is 5.98. The van der Waals surface area contributed by atoms with Crippen molar-refractivity contribution in [1.29, 1.82) is 0 Å². The zero-order valence-electron chi connectivity index (χ0n) is 21.2. The van der Waals surface area contributed by atoms with Gasteiger partial charge in [0.1, 0.15) is 23.3 Å². The smallest absolute Gasteiger partial charge is 0.132 e. The minimum atomic E-state index is -0.462. The number of nitrogens with two attached hydrogens (primary N) is 1. The van der Waals surface area contributed by atoms with Crippen molar-refractivity contribution in [1.82, 2.24) is 14.9 Å². The molecule has 180 valence electrons. The summed E-state index contributed by atoms with van der Waals surface area (Å²) < 4.78 is 6.50. The van der Waals surface area contributed by atoms with Gasteiger partial charge >= 0.3 is 0 Å². The molecule has 1 aromatic heterocycles. The fourth-order valence-electron chi connectivity index (χ4n) is 5.05. The van der Waals surface area contributed by atoms with Crippen LogP contribution in [0.4, 0.5) is 0 Å². The lowest BCUT2D eigenvalue weighted by atomic mass is 9.76. The number of benzene rings is 2. The molecule has 2 aliphatic heterocycles. The number of nitrogens with zero attached hydrogens (tertiary/aromatic N) is 3. The van der Waals surface area contributed by atoms with Gasteiger partial charge in [0.25, 0.3) is 0 Å². The van der Waals surface area contributed by atoms with Crippen LogP contribution in [0.3, 0.4) is 0 Å². The molecule has 1 saturated heterocycles. The number of fused-ring (bicyclic) bond motifs is 4. The van der Waals surface area contributed by atoms with Gasteiger partial charge in [0.2, 0.25) is 0 Å². The van der Waals surface area contributed by atoms with Gasteiger partial charge in [-0.25, -0.2) is 9.97 Å². The normalized spacial score (nSPS) is 21.6. The third-order valence-electron chi connectivity index (χ3n) is 6.40. The summed E-state index contributed by atoms with van der Waals surface area (Å²) in [5, 5.41) is 0. The molecule has 1 fully saturated rings. The molecule has 2 aromatic carbocycles. The van der Waals surface area contributed by atoms with E-state index in [-0.39, 0.29) is 16.5 Å². The van der Waals surface area contributed by atoms with E-state index >= 15 is 0 Å². The van der Waals surface area contributed by atoms with Crippen molar-refractivity contribution < 1.29 is 4.74 Å². The number of rotatable bonds is 1. The summed E-state index contributed by atoms with van der Waals surface area (Å²) in [5.41, 5.74) is 11.1. The molecule has 35 heavy (non-hydrogen) atoms. The van der Waals surface area contributed by atoms with E-state index in [1.165, 1.54) is 0 Å². The number of hydrogen-bond acceptors (Lipinski definition) is 6. The number of hydrogen-bond donors (Lipinski definition) is 1. The molecule has 2 unspecified atom stereocenters. The fourth-order valence-corrected chi connectivity index (χ4v) is 6.56. The van der Waals surface area contributed by atoms with E-state index in [4.69, 9.17) is 10.5 Å². The third-order valence-corrected chi connectivity index (χ3v) is 7.53. The standard InChI is InChI=1S/C29H32N4OS/c1-27(2,3)12-11-19-7-9-24-22(13-19)29(17-35-26(30)33(29)28(4,5)6)23-14-20(8-10-25(23)34-24)21-15-31-18-32-16-21/h7-10,13-16,18,26H,17,30H2,1-6H3. The molecule has 5 nitrogen and oxygen atoms in total. The van der Waals surface area contributed by atoms with Crippen LogP contribution < -0.4 is 10.5 Å². The van der Waals surface area contributed by atoms with E-state index in [2.05, 4.69) is 105 Å². The van der Waals surface area contributed by atoms with Gasteiger partial charge in [0, 0.05) is 51.4 Å². The Hall–Kier alpha value is -2.85. The van der Waals surface area contributed by atoms with Crippen LogP contribution in [-0.4, -0.2) is 31.7 Å². The van der Waals surface area contributed by atoms with Crippen LogP contribution in [0.15, 0.2) is 55.1 Å². The van der Waals surface area contributed by atoms with Gasteiger partial charge in [-0.05, 0) is 77.4 Å². The summed E-state index contributed by atoms with van der Waals surface area (Å²) in [4.78, 5) is 10.9. The Bertz CT molecular complexity index is 1330. The van der Waals surface area contributed by atoms with E-state index in [0.29, 0.717) is 0 Å². The first-order chi connectivity index (χ1) is 16.5. The van der Waals surface area contributed by atoms with E-state index in [1.807, 2.05) is 12.4 Å². The van der Waals surface area contributed by atoms with Crippen LogP contribution in [0, 0.1) is 17.3 Å². The zero-order chi connectivity index (χ0) is 25.0. The summed E-state index contributed by atoms with van der Waals surface area (Å²) >= 11 is 1.78. The highest BCUT2D eigenvalue weighted by Gasteiger charge is 2.56. The van der Waals surface area contributed by atoms with Crippen molar-refractivity contribution in [2.24, 2.45) is 11.1 Å². The van der Waals surface area contributed by atoms with Gasteiger partial charge < -0.3 is 10.5 Å². The minimum Gasteiger partial charge on any atom is -0.457 e. The van der Waals surface area contributed by atoms with Crippen LogP contribution in [0.2, 0.25) is 0 Å². The highest BCUT2D eigenvalue weighted by molar-refractivity contribution is 8.00. The summed E-state index contributed by atoms with van der Waals surface area (Å²) in [7, 11) is 0. The van der Waals surface area contributed by atoms with E-state index in [9.17, 15) is 0 Å². The first-order valence-electron chi connectivity index (χ1n) is 11.9. The second-order valence-corrected chi connectivity index (χ2v) is 12.4.